The van der Waals surface area contributed by atoms with Crippen LogP contribution in [0.3, 0.4) is 0 Å². The van der Waals surface area contributed by atoms with Crippen molar-refractivity contribution in [2.24, 2.45) is 0 Å². The van der Waals surface area contributed by atoms with Crippen molar-refractivity contribution in [1.29, 1.82) is 0 Å². The van der Waals surface area contributed by atoms with E-state index in [1.807, 2.05) is 0 Å². The third-order valence-electron chi connectivity index (χ3n) is 3.60. The van der Waals surface area contributed by atoms with Crippen LogP contribution in [0.2, 0.25) is 0 Å². The van der Waals surface area contributed by atoms with Crippen molar-refractivity contribution in [3.63, 3.8) is 0 Å². The highest BCUT2D eigenvalue weighted by Crippen LogP contribution is 2.18. The number of nitrogens with zero attached hydrogens (tertiary/aromatic N) is 2. The number of hydrogen-bond donors (Lipinski definition) is 1. The number of nitrogens with one attached hydrogen (secondary N) is 1. The molecule has 0 bridgehead atoms. The summed E-state index contributed by atoms with van der Waals surface area (Å²) in [7, 11) is 0. The summed E-state index contributed by atoms with van der Waals surface area (Å²) in [4.78, 5) is 12.0. The Hall–Kier alpha value is -2.24. The molecule has 1 fully saturated rings. The lowest BCUT2D eigenvalue weighted by atomic mass is 10.1. The van der Waals surface area contributed by atoms with Crippen LogP contribution in [0, 0.1) is 5.82 Å². The third-order valence-corrected chi connectivity index (χ3v) is 3.60. The molecule has 0 spiro atoms. The van der Waals surface area contributed by atoms with Crippen LogP contribution in [0.5, 0.6) is 0 Å². The lowest BCUT2D eigenvalue weighted by Crippen LogP contribution is -2.32. The van der Waals surface area contributed by atoms with E-state index >= 15 is 0 Å². The monoisotopic (exact) mass is 289 g/mol. The molecule has 0 atom stereocenters. The smallest absolute Gasteiger partial charge is 0.309 e. The average molecular weight is 289 g/mol. The fourth-order valence-electron chi connectivity index (χ4n) is 2.56. The third kappa shape index (κ3) is 3.45. The Labute approximate surface area is 121 Å². The molecular formula is C15H16FN3O2. The molecule has 2 aromatic rings. The predicted molar refractivity (Wildman–Crippen MR) is 73.2 cm³/mol. The van der Waals surface area contributed by atoms with E-state index in [2.05, 4.69) is 15.5 Å². The maximum absolute atomic E-state index is 13.1. The normalized spacial score (nSPS) is 15.3. The Kier molecular flexibility index (Phi) is 3.94. The Bertz CT molecular complexity index is 635. The molecule has 1 amide bonds. The molecule has 1 saturated carbocycles. The van der Waals surface area contributed by atoms with Crippen molar-refractivity contribution >= 4 is 5.91 Å². The number of hydrogen-bond acceptors (Lipinski definition) is 4. The van der Waals surface area contributed by atoms with E-state index < -0.39 is 0 Å². The number of carbonyl (C=O) groups excluding carboxylic acids is 1. The van der Waals surface area contributed by atoms with E-state index in [1.54, 1.807) is 12.1 Å². The summed E-state index contributed by atoms with van der Waals surface area (Å²) in [5.41, 5.74) is 0.724. The number of rotatable bonds is 4. The Morgan fingerprint density at radius 2 is 2.14 bits per heavy atom. The van der Waals surface area contributed by atoms with Crippen molar-refractivity contribution in [3.05, 3.63) is 47.4 Å². The van der Waals surface area contributed by atoms with Crippen molar-refractivity contribution in [3.8, 4) is 0 Å². The summed E-state index contributed by atoms with van der Waals surface area (Å²) in [5.74, 6) is -0.378. The van der Waals surface area contributed by atoms with Crippen LogP contribution < -0.4 is 5.32 Å². The van der Waals surface area contributed by atoms with Crippen LogP contribution >= 0.6 is 0 Å². The highest BCUT2D eigenvalue weighted by Gasteiger charge is 2.21. The van der Waals surface area contributed by atoms with Gasteiger partial charge in [0.05, 0.1) is 6.42 Å². The number of aromatic nitrogens is 2. The zero-order valence-corrected chi connectivity index (χ0v) is 11.5. The van der Waals surface area contributed by atoms with Gasteiger partial charge in [0.2, 0.25) is 5.89 Å². The second kappa shape index (κ2) is 6.03. The molecule has 21 heavy (non-hydrogen) atoms. The molecule has 1 aliphatic rings. The molecule has 0 unspecified atom stereocenters. The number of halogens is 1. The van der Waals surface area contributed by atoms with Gasteiger partial charge in [-0.3, -0.25) is 4.79 Å². The fourth-order valence-corrected chi connectivity index (χ4v) is 2.56. The molecule has 0 radical (unpaired) electrons. The van der Waals surface area contributed by atoms with Gasteiger partial charge in [-0.25, -0.2) is 4.39 Å². The first-order chi connectivity index (χ1) is 10.2. The molecule has 3 rings (SSSR count). The van der Waals surface area contributed by atoms with Gasteiger partial charge in [0.25, 0.3) is 0 Å². The van der Waals surface area contributed by atoms with E-state index in [0.29, 0.717) is 12.3 Å². The van der Waals surface area contributed by atoms with Gasteiger partial charge < -0.3 is 9.73 Å². The molecule has 110 valence electrons. The van der Waals surface area contributed by atoms with Gasteiger partial charge in [0.15, 0.2) is 0 Å². The molecule has 1 aromatic heterocycles. The zero-order valence-electron chi connectivity index (χ0n) is 11.5. The van der Waals surface area contributed by atoms with Crippen LogP contribution in [0.25, 0.3) is 0 Å². The van der Waals surface area contributed by atoms with Crippen molar-refractivity contribution < 1.29 is 13.6 Å². The molecule has 1 aliphatic carbocycles. The van der Waals surface area contributed by atoms with Gasteiger partial charge in [-0.05, 0) is 30.5 Å². The highest BCUT2D eigenvalue weighted by molar-refractivity contribution is 5.89. The topological polar surface area (TPSA) is 68.0 Å². The Balaban J connectivity index is 1.64. The van der Waals surface area contributed by atoms with Crippen molar-refractivity contribution in [2.75, 3.05) is 0 Å². The van der Waals surface area contributed by atoms with Crippen LogP contribution in [0.15, 0.2) is 28.7 Å². The summed E-state index contributed by atoms with van der Waals surface area (Å²) < 4.78 is 18.4. The maximum Gasteiger partial charge on any atom is 0.309 e. The number of carbonyl (C=O) groups is 1. The van der Waals surface area contributed by atoms with E-state index in [0.717, 1.165) is 31.2 Å². The fraction of sp³-hybridized carbons (Fsp3) is 0.400. The first-order valence-corrected chi connectivity index (χ1v) is 7.08. The van der Waals surface area contributed by atoms with Crippen LogP contribution in [0.4, 0.5) is 4.39 Å². The van der Waals surface area contributed by atoms with Crippen molar-refractivity contribution in [1.82, 2.24) is 15.5 Å². The summed E-state index contributed by atoms with van der Waals surface area (Å²) in [6.45, 7) is 0. The van der Waals surface area contributed by atoms with E-state index in [1.165, 1.54) is 12.1 Å². The SMILES string of the molecule is O=C(NC1CCCC1)c1nnc(Cc2cccc(F)c2)o1. The van der Waals surface area contributed by atoms with Gasteiger partial charge in [0.1, 0.15) is 5.82 Å². The Morgan fingerprint density at radius 1 is 1.33 bits per heavy atom. The minimum atomic E-state index is -0.333. The van der Waals surface area contributed by atoms with Crippen LogP contribution in [-0.2, 0) is 6.42 Å². The molecule has 0 aliphatic heterocycles. The number of amides is 1. The van der Waals surface area contributed by atoms with Gasteiger partial charge in [-0.15, -0.1) is 10.2 Å². The highest BCUT2D eigenvalue weighted by atomic mass is 19.1. The second-order valence-electron chi connectivity index (χ2n) is 5.26. The van der Waals surface area contributed by atoms with Gasteiger partial charge in [0, 0.05) is 6.04 Å². The summed E-state index contributed by atoms with van der Waals surface area (Å²) in [6.07, 6.45) is 4.58. The minimum absolute atomic E-state index is 0.0340. The maximum atomic E-state index is 13.1. The molecule has 0 saturated heterocycles. The lowest BCUT2D eigenvalue weighted by Gasteiger charge is -2.08. The zero-order chi connectivity index (χ0) is 14.7. The minimum Gasteiger partial charge on any atom is -0.417 e. The van der Waals surface area contributed by atoms with Crippen molar-refractivity contribution in [2.45, 2.75) is 38.1 Å². The first kappa shape index (κ1) is 13.7. The number of benzene rings is 1. The van der Waals surface area contributed by atoms with Gasteiger partial charge >= 0.3 is 11.8 Å². The van der Waals surface area contributed by atoms with E-state index in [-0.39, 0.29) is 23.7 Å². The Morgan fingerprint density at radius 3 is 2.90 bits per heavy atom. The molecule has 5 nitrogen and oxygen atoms in total. The summed E-state index contributed by atoms with van der Waals surface area (Å²) >= 11 is 0. The van der Waals surface area contributed by atoms with Gasteiger partial charge in [-0.1, -0.05) is 25.0 Å². The van der Waals surface area contributed by atoms with Crippen LogP contribution in [-0.4, -0.2) is 22.1 Å². The molecule has 1 aromatic carbocycles. The van der Waals surface area contributed by atoms with Crippen LogP contribution in [0.1, 0.15) is 47.8 Å². The van der Waals surface area contributed by atoms with Gasteiger partial charge in [-0.2, -0.15) is 0 Å². The van der Waals surface area contributed by atoms with E-state index in [9.17, 15) is 9.18 Å². The summed E-state index contributed by atoms with van der Waals surface area (Å²) in [6, 6.07) is 6.37. The molecule has 1 heterocycles. The molecule has 6 heteroatoms. The largest absolute Gasteiger partial charge is 0.417 e. The lowest BCUT2D eigenvalue weighted by molar-refractivity contribution is 0.0901. The average Bonchev–Trinajstić information content (AvgIpc) is 3.10. The van der Waals surface area contributed by atoms with E-state index in [4.69, 9.17) is 4.42 Å². The molecule has 1 N–H and O–H groups in total. The molecular weight excluding hydrogens is 273 g/mol. The second-order valence-corrected chi connectivity index (χ2v) is 5.26. The quantitative estimate of drug-likeness (QED) is 0.939. The summed E-state index contributed by atoms with van der Waals surface area (Å²) in [5, 5.41) is 10.5. The predicted octanol–water partition coefficient (Wildman–Crippen LogP) is 2.47. The standard InChI is InChI=1S/C15H16FN3O2/c16-11-5-3-4-10(8-11)9-13-18-19-15(21-13)14(20)17-12-6-1-2-7-12/h3-5,8,12H,1-2,6-7,9H2,(H,17,20). The first-order valence-electron chi connectivity index (χ1n) is 7.08.